The zero-order valence-corrected chi connectivity index (χ0v) is 22.8. The van der Waals surface area contributed by atoms with Gasteiger partial charge in [-0.05, 0) is 49.2 Å². The highest BCUT2D eigenvalue weighted by atomic mass is 19.3. The number of aliphatic hydroxyl groups excluding tert-OH is 1. The summed E-state index contributed by atoms with van der Waals surface area (Å²) < 4.78 is 39.2. The van der Waals surface area contributed by atoms with Gasteiger partial charge in [-0.1, -0.05) is 18.2 Å². The van der Waals surface area contributed by atoms with Crippen molar-refractivity contribution in [2.24, 2.45) is 0 Å². The number of ether oxygens (including phenoxy) is 2. The molecule has 3 aromatic heterocycles. The molecule has 0 amide bonds. The van der Waals surface area contributed by atoms with Gasteiger partial charge in [0.15, 0.2) is 0 Å². The topological polar surface area (TPSA) is 143 Å². The highest BCUT2D eigenvalue weighted by molar-refractivity contribution is 5.86. The Labute approximate surface area is 236 Å². The molecule has 4 rings (SSSR count). The molecule has 0 aliphatic carbocycles. The van der Waals surface area contributed by atoms with Gasteiger partial charge in [0.1, 0.15) is 24.7 Å². The molecule has 0 bridgehead atoms. The summed E-state index contributed by atoms with van der Waals surface area (Å²) in [5.74, 6) is 0.954. The number of nitrogen functional groups attached to an aromatic ring is 1. The molecule has 12 heteroatoms. The van der Waals surface area contributed by atoms with Gasteiger partial charge >= 0.3 is 0 Å². The standard InChI is InChI=1S/C29H29F2N7O3/c1-17-14-20(15-22(34-17)27(30)31)25-26(21-7-4-6-19(16-32)18(21)2)36-29(33)37-28(25)41-13-12-40-24-9-5-8-23(35-24)38(3)10-11-39/h4-9,14-15,27,39H,10-13H2,1-3H3,(H2,33,36,37). The van der Waals surface area contributed by atoms with Crippen LogP contribution < -0.4 is 20.1 Å². The van der Waals surface area contributed by atoms with Crippen LogP contribution in [-0.2, 0) is 0 Å². The van der Waals surface area contributed by atoms with Crippen molar-refractivity contribution >= 4 is 11.8 Å². The lowest BCUT2D eigenvalue weighted by Crippen LogP contribution is -2.22. The first-order chi connectivity index (χ1) is 19.7. The fraction of sp³-hybridized carbons (Fsp3) is 0.276. The molecule has 41 heavy (non-hydrogen) atoms. The summed E-state index contributed by atoms with van der Waals surface area (Å²) in [6, 6.07) is 15.5. The van der Waals surface area contributed by atoms with Crippen LogP contribution >= 0.6 is 0 Å². The third-order valence-electron chi connectivity index (χ3n) is 6.20. The summed E-state index contributed by atoms with van der Waals surface area (Å²) in [7, 11) is 1.80. The number of nitriles is 1. The zero-order chi connectivity index (χ0) is 29.5. The summed E-state index contributed by atoms with van der Waals surface area (Å²) in [6.45, 7) is 3.88. The van der Waals surface area contributed by atoms with Crippen molar-refractivity contribution in [3.8, 4) is 40.2 Å². The maximum Gasteiger partial charge on any atom is 0.280 e. The predicted octanol–water partition coefficient (Wildman–Crippen LogP) is 4.50. The molecule has 212 valence electrons. The lowest BCUT2D eigenvalue weighted by molar-refractivity contribution is 0.146. The quantitative estimate of drug-likeness (QED) is 0.251. The predicted molar refractivity (Wildman–Crippen MR) is 150 cm³/mol. The van der Waals surface area contributed by atoms with E-state index in [2.05, 4.69) is 26.0 Å². The number of nitrogens with zero attached hydrogens (tertiary/aromatic N) is 6. The van der Waals surface area contributed by atoms with Crippen LogP contribution in [0.3, 0.4) is 0 Å². The Bertz CT molecular complexity index is 1580. The number of anilines is 2. The van der Waals surface area contributed by atoms with Gasteiger partial charge in [-0.3, -0.25) is 4.98 Å². The van der Waals surface area contributed by atoms with Gasteiger partial charge < -0.3 is 25.2 Å². The number of halogens is 2. The van der Waals surface area contributed by atoms with Crippen LogP contribution in [0.4, 0.5) is 20.5 Å². The summed E-state index contributed by atoms with van der Waals surface area (Å²) in [5.41, 5.74) is 8.71. The number of benzene rings is 1. The van der Waals surface area contributed by atoms with Gasteiger partial charge in [-0.25, -0.2) is 13.8 Å². The largest absolute Gasteiger partial charge is 0.474 e. The molecule has 0 aliphatic rings. The van der Waals surface area contributed by atoms with E-state index in [0.29, 0.717) is 57.4 Å². The zero-order valence-electron chi connectivity index (χ0n) is 22.8. The first kappa shape index (κ1) is 29.1. The van der Waals surface area contributed by atoms with E-state index in [1.165, 1.54) is 6.07 Å². The van der Waals surface area contributed by atoms with Crippen LogP contribution in [0, 0.1) is 25.2 Å². The number of aliphatic hydroxyl groups is 1. The number of pyridine rings is 2. The Balaban J connectivity index is 1.71. The minimum atomic E-state index is -2.80. The maximum absolute atomic E-state index is 13.7. The van der Waals surface area contributed by atoms with E-state index in [9.17, 15) is 19.1 Å². The molecule has 0 saturated heterocycles. The number of rotatable bonds is 11. The van der Waals surface area contributed by atoms with E-state index < -0.39 is 12.1 Å². The van der Waals surface area contributed by atoms with Gasteiger partial charge in [0, 0.05) is 30.9 Å². The molecule has 0 fully saturated rings. The first-order valence-electron chi connectivity index (χ1n) is 12.7. The SMILES string of the molecule is Cc1cc(-c2c(OCCOc3cccc(N(C)CCO)n3)nc(N)nc2-c2cccc(C#N)c2C)cc(C(F)F)n1. The van der Waals surface area contributed by atoms with Gasteiger partial charge in [-0.15, -0.1) is 0 Å². The fourth-order valence-electron chi connectivity index (χ4n) is 4.23. The summed E-state index contributed by atoms with van der Waals surface area (Å²) in [4.78, 5) is 18.9. The lowest BCUT2D eigenvalue weighted by atomic mass is 9.94. The van der Waals surface area contributed by atoms with Crippen LogP contribution in [0.2, 0.25) is 0 Å². The fourth-order valence-corrected chi connectivity index (χ4v) is 4.23. The molecular weight excluding hydrogens is 532 g/mol. The van der Waals surface area contributed by atoms with Crippen molar-refractivity contribution in [3.63, 3.8) is 0 Å². The minimum Gasteiger partial charge on any atom is -0.474 e. The molecule has 3 N–H and O–H groups in total. The third kappa shape index (κ3) is 6.82. The van der Waals surface area contributed by atoms with Crippen molar-refractivity contribution in [2.75, 3.05) is 44.0 Å². The van der Waals surface area contributed by atoms with Crippen molar-refractivity contribution in [3.05, 3.63) is 71.0 Å². The maximum atomic E-state index is 13.7. The molecule has 1 aromatic carbocycles. The third-order valence-corrected chi connectivity index (χ3v) is 6.20. The van der Waals surface area contributed by atoms with E-state index in [0.717, 1.165) is 0 Å². The number of alkyl halides is 2. The number of likely N-dealkylation sites (N-methyl/N-ethyl adjacent to an activating group) is 1. The average Bonchev–Trinajstić information content (AvgIpc) is 2.95. The van der Waals surface area contributed by atoms with Crippen LogP contribution in [-0.4, -0.2) is 58.5 Å². The Morgan fingerprint density at radius 2 is 1.78 bits per heavy atom. The Morgan fingerprint density at radius 3 is 2.51 bits per heavy atom. The number of aryl methyl sites for hydroxylation is 1. The monoisotopic (exact) mass is 561 g/mol. The smallest absolute Gasteiger partial charge is 0.280 e. The number of hydrogen-bond acceptors (Lipinski definition) is 10. The van der Waals surface area contributed by atoms with Crippen molar-refractivity contribution in [2.45, 2.75) is 20.3 Å². The number of nitrogens with two attached hydrogens (primary N) is 1. The van der Waals surface area contributed by atoms with Crippen LogP contribution in [0.25, 0.3) is 22.4 Å². The van der Waals surface area contributed by atoms with Crippen LogP contribution in [0.15, 0.2) is 48.5 Å². The van der Waals surface area contributed by atoms with Crippen LogP contribution in [0.1, 0.15) is 28.9 Å². The molecule has 0 unspecified atom stereocenters. The van der Waals surface area contributed by atoms with E-state index in [-0.39, 0.29) is 31.6 Å². The molecule has 10 nitrogen and oxygen atoms in total. The van der Waals surface area contributed by atoms with Gasteiger partial charge in [-0.2, -0.15) is 15.2 Å². The molecule has 0 saturated carbocycles. The second-order valence-corrected chi connectivity index (χ2v) is 9.10. The first-order valence-corrected chi connectivity index (χ1v) is 12.7. The van der Waals surface area contributed by atoms with E-state index in [1.54, 1.807) is 68.3 Å². The van der Waals surface area contributed by atoms with Crippen LogP contribution in [0.5, 0.6) is 11.8 Å². The molecule has 0 aliphatic heterocycles. The minimum absolute atomic E-state index is 0.0143. The van der Waals surface area contributed by atoms with Crippen molar-refractivity contribution in [1.82, 2.24) is 19.9 Å². The lowest BCUT2D eigenvalue weighted by Gasteiger charge is -2.18. The van der Waals surface area contributed by atoms with E-state index in [1.807, 2.05) is 0 Å². The Morgan fingerprint density at radius 1 is 1.02 bits per heavy atom. The molecule has 0 atom stereocenters. The average molecular weight is 562 g/mol. The highest BCUT2D eigenvalue weighted by Crippen LogP contribution is 2.40. The number of aromatic nitrogens is 4. The van der Waals surface area contributed by atoms with Crippen molar-refractivity contribution in [1.29, 1.82) is 5.26 Å². The molecule has 4 aromatic rings. The molecule has 0 spiro atoms. The Hall–Kier alpha value is -4.89. The highest BCUT2D eigenvalue weighted by Gasteiger charge is 2.23. The Kier molecular flexibility index (Phi) is 9.21. The van der Waals surface area contributed by atoms with Gasteiger partial charge in [0.05, 0.1) is 29.5 Å². The molecule has 0 radical (unpaired) electrons. The normalized spacial score (nSPS) is 10.9. The summed E-state index contributed by atoms with van der Waals surface area (Å²) in [6.07, 6.45) is -2.80. The molecule has 3 heterocycles. The van der Waals surface area contributed by atoms with Gasteiger partial charge in [0.25, 0.3) is 6.43 Å². The summed E-state index contributed by atoms with van der Waals surface area (Å²) in [5, 5.41) is 18.7. The second kappa shape index (κ2) is 13.0. The van der Waals surface area contributed by atoms with Crippen molar-refractivity contribution < 1.29 is 23.4 Å². The van der Waals surface area contributed by atoms with E-state index >= 15 is 0 Å². The summed E-state index contributed by atoms with van der Waals surface area (Å²) >= 11 is 0. The molecular formula is C29H29F2N7O3. The van der Waals surface area contributed by atoms with E-state index in [4.69, 9.17) is 15.2 Å². The van der Waals surface area contributed by atoms with Gasteiger partial charge in [0.2, 0.25) is 17.7 Å². The number of hydrogen-bond donors (Lipinski definition) is 2. The second-order valence-electron chi connectivity index (χ2n) is 9.10.